The number of nitrogens with one attached hydrogen (secondary N) is 1. The summed E-state index contributed by atoms with van der Waals surface area (Å²) in [6.07, 6.45) is 7.44. The van der Waals surface area contributed by atoms with Crippen molar-refractivity contribution in [1.82, 2.24) is 5.32 Å². The quantitative estimate of drug-likeness (QED) is 0.903. The summed E-state index contributed by atoms with van der Waals surface area (Å²) in [4.78, 5) is 12.0. The van der Waals surface area contributed by atoms with Crippen LogP contribution in [0.4, 0.5) is 4.79 Å². The predicted molar refractivity (Wildman–Crippen MR) is 87.6 cm³/mol. The number of rotatable bonds is 5. The average Bonchev–Trinajstić information content (AvgIpc) is 3.04. The fourth-order valence-electron chi connectivity index (χ4n) is 3.05. The van der Waals surface area contributed by atoms with Gasteiger partial charge >= 0.3 is 6.09 Å². The molecule has 6 nitrogen and oxygen atoms in total. The molecule has 0 aromatic heterocycles. The minimum Gasteiger partial charge on any atom is -0.446 e. The van der Waals surface area contributed by atoms with Crippen LogP contribution in [0.25, 0.3) is 0 Å². The van der Waals surface area contributed by atoms with Gasteiger partial charge in [-0.25, -0.2) is 4.79 Å². The first-order valence-electron chi connectivity index (χ1n) is 8.21. The molecular formula is C17H22N4O2. The van der Waals surface area contributed by atoms with Crippen LogP contribution in [-0.4, -0.2) is 30.5 Å². The van der Waals surface area contributed by atoms with Gasteiger partial charge in [0.2, 0.25) is 0 Å². The number of alkyl carbamates (subject to hydrolysis) is 1. The van der Waals surface area contributed by atoms with E-state index in [0.29, 0.717) is 13.0 Å². The van der Waals surface area contributed by atoms with Crippen LogP contribution in [0.2, 0.25) is 0 Å². The molecule has 23 heavy (non-hydrogen) atoms. The molecule has 6 heteroatoms. The number of ether oxygens (including phenoxy) is 1. The third-order valence-electron chi connectivity index (χ3n) is 4.31. The summed E-state index contributed by atoms with van der Waals surface area (Å²) >= 11 is 0. The van der Waals surface area contributed by atoms with Crippen LogP contribution in [-0.2, 0) is 11.2 Å². The van der Waals surface area contributed by atoms with E-state index in [2.05, 4.69) is 20.8 Å². The lowest BCUT2D eigenvalue weighted by atomic mass is 9.93. The van der Waals surface area contributed by atoms with Crippen molar-refractivity contribution in [3.8, 4) is 0 Å². The van der Waals surface area contributed by atoms with Crippen molar-refractivity contribution >= 4 is 12.3 Å². The highest BCUT2D eigenvalue weighted by atomic mass is 16.6. The zero-order valence-corrected chi connectivity index (χ0v) is 13.1. The van der Waals surface area contributed by atoms with Crippen LogP contribution in [0.1, 0.15) is 37.7 Å². The summed E-state index contributed by atoms with van der Waals surface area (Å²) in [7, 11) is 0. The lowest BCUT2D eigenvalue weighted by Gasteiger charge is -2.24. The van der Waals surface area contributed by atoms with Crippen molar-refractivity contribution in [2.75, 3.05) is 6.54 Å². The Morgan fingerprint density at radius 3 is 2.70 bits per heavy atom. The summed E-state index contributed by atoms with van der Waals surface area (Å²) in [6.45, 7) is 0.334. The van der Waals surface area contributed by atoms with Gasteiger partial charge < -0.3 is 10.1 Å². The predicted octanol–water partition coefficient (Wildman–Crippen LogP) is 3.48. The van der Waals surface area contributed by atoms with E-state index in [1.165, 1.54) is 6.42 Å². The van der Waals surface area contributed by atoms with Crippen molar-refractivity contribution in [1.29, 1.82) is 0 Å². The maximum atomic E-state index is 12.0. The van der Waals surface area contributed by atoms with Crippen molar-refractivity contribution in [3.63, 3.8) is 0 Å². The van der Waals surface area contributed by atoms with Crippen LogP contribution in [0, 0.1) is 0 Å². The zero-order chi connectivity index (χ0) is 16.0. The summed E-state index contributed by atoms with van der Waals surface area (Å²) in [5, 5.41) is 14.6. The van der Waals surface area contributed by atoms with Gasteiger partial charge in [-0.05, 0) is 36.5 Å². The first kappa shape index (κ1) is 15.6. The van der Waals surface area contributed by atoms with Crippen LogP contribution in [0.5, 0.6) is 0 Å². The zero-order valence-electron chi connectivity index (χ0n) is 13.1. The molecule has 1 aliphatic heterocycles. The molecule has 3 rings (SSSR count). The van der Waals surface area contributed by atoms with Gasteiger partial charge in [0.05, 0.1) is 12.8 Å². The second-order valence-electron chi connectivity index (χ2n) is 6.22. The highest BCUT2D eigenvalue weighted by Crippen LogP contribution is 2.22. The monoisotopic (exact) mass is 314 g/mol. The van der Waals surface area contributed by atoms with Gasteiger partial charge in [0.25, 0.3) is 0 Å². The largest absolute Gasteiger partial charge is 0.446 e. The van der Waals surface area contributed by atoms with Gasteiger partial charge in [-0.2, -0.15) is 5.11 Å². The summed E-state index contributed by atoms with van der Waals surface area (Å²) in [5.74, 6) is 0. The maximum absolute atomic E-state index is 12.0. The molecule has 2 aliphatic rings. The van der Waals surface area contributed by atoms with Crippen LogP contribution in [0.15, 0.2) is 45.8 Å². The minimum absolute atomic E-state index is 0.0488. The molecular weight excluding hydrogens is 292 g/mol. The summed E-state index contributed by atoms with van der Waals surface area (Å²) in [5.41, 5.74) is 0.509. The Morgan fingerprint density at radius 2 is 2.00 bits per heavy atom. The van der Waals surface area contributed by atoms with E-state index in [9.17, 15) is 4.79 Å². The Hall–Kier alpha value is -2.24. The average molecular weight is 314 g/mol. The Balaban J connectivity index is 1.54. The molecule has 1 atom stereocenters. The molecule has 0 radical (unpaired) electrons. The SMILES string of the molecule is O=C(NCC1(Cc2ccccc2)C=NN=N1)OC1CCCCC1. The van der Waals surface area contributed by atoms with Crippen LogP contribution < -0.4 is 5.32 Å². The minimum atomic E-state index is -0.618. The third-order valence-corrected chi connectivity index (χ3v) is 4.31. The molecule has 1 fully saturated rings. The lowest BCUT2D eigenvalue weighted by molar-refractivity contribution is 0.0747. The lowest BCUT2D eigenvalue weighted by Crippen LogP contribution is -2.44. The first-order chi connectivity index (χ1) is 11.3. The molecule has 1 aliphatic carbocycles. The van der Waals surface area contributed by atoms with E-state index < -0.39 is 5.54 Å². The fourth-order valence-corrected chi connectivity index (χ4v) is 3.05. The maximum Gasteiger partial charge on any atom is 0.407 e. The molecule has 1 heterocycles. The van der Waals surface area contributed by atoms with Crippen molar-refractivity contribution in [2.24, 2.45) is 15.4 Å². The van der Waals surface area contributed by atoms with Crippen molar-refractivity contribution in [2.45, 2.75) is 50.2 Å². The number of nitrogens with zero attached hydrogens (tertiary/aromatic N) is 3. The molecule has 1 amide bonds. The van der Waals surface area contributed by atoms with Gasteiger partial charge in [0.1, 0.15) is 11.6 Å². The highest BCUT2D eigenvalue weighted by molar-refractivity contribution is 5.75. The van der Waals surface area contributed by atoms with E-state index in [-0.39, 0.29) is 12.2 Å². The third kappa shape index (κ3) is 4.37. The summed E-state index contributed by atoms with van der Waals surface area (Å²) in [6, 6.07) is 10.0. The number of benzene rings is 1. The van der Waals surface area contributed by atoms with Gasteiger partial charge in [-0.15, -0.1) is 5.10 Å². The number of carbonyl (C=O) groups is 1. The van der Waals surface area contributed by atoms with E-state index in [0.717, 1.165) is 31.2 Å². The van der Waals surface area contributed by atoms with Crippen LogP contribution >= 0.6 is 0 Å². The highest BCUT2D eigenvalue weighted by Gasteiger charge is 2.32. The molecule has 122 valence electrons. The number of hydrogen-bond donors (Lipinski definition) is 1. The Kier molecular flexibility index (Phi) is 5.00. The molecule has 1 N–H and O–H groups in total. The van der Waals surface area contributed by atoms with Gasteiger partial charge in [-0.1, -0.05) is 36.8 Å². The molecule has 1 saturated carbocycles. The van der Waals surface area contributed by atoms with E-state index in [4.69, 9.17) is 4.74 Å². The molecule has 0 bridgehead atoms. The van der Waals surface area contributed by atoms with Gasteiger partial charge in [-0.3, -0.25) is 0 Å². The van der Waals surface area contributed by atoms with E-state index in [1.54, 1.807) is 6.21 Å². The Bertz CT molecular complexity index is 568. The molecule has 1 aromatic carbocycles. The summed E-state index contributed by atoms with van der Waals surface area (Å²) < 4.78 is 5.48. The van der Waals surface area contributed by atoms with Gasteiger partial charge in [0.15, 0.2) is 0 Å². The molecule has 1 aromatic rings. The van der Waals surface area contributed by atoms with E-state index in [1.807, 2.05) is 30.3 Å². The topological polar surface area (TPSA) is 75.4 Å². The van der Waals surface area contributed by atoms with Crippen LogP contribution in [0.3, 0.4) is 0 Å². The number of hydrogen-bond acceptors (Lipinski definition) is 5. The second-order valence-corrected chi connectivity index (χ2v) is 6.22. The number of carbonyl (C=O) groups excluding carboxylic acids is 1. The van der Waals surface area contributed by atoms with Crippen molar-refractivity contribution in [3.05, 3.63) is 35.9 Å². The Labute approximate surface area is 136 Å². The molecule has 0 saturated heterocycles. The van der Waals surface area contributed by atoms with Crippen molar-refractivity contribution < 1.29 is 9.53 Å². The number of amides is 1. The standard InChI is InChI=1S/C17H22N4O2/c22-16(23-15-9-5-2-6-10-15)18-12-17(13-19-21-20-17)11-14-7-3-1-4-8-14/h1,3-4,7-8,13,15H,2,5-6,9-12H2,(H,18,22). The smallest absolute Gasteiger partial charge is 0.407 e. The molecule has 1 unspecified atom stereocenters. The Morgan fingerprint density at radius 1 is 1.22 bits per heavy atom. The van der Waals surface area contributed by atoms with Gasteiger partial charge in [0, 0.05) is 6.42 Å². The molecule has 0 spiro atoms. The first-order valence-corrected chi connectivity index (χ1v) is 8.21. The normalized spacial score (nSPS) is 23.8. The second kappa shape index (κ2) is 7.35. The fraction of sp³-hybridized carbons (Fsp3) is 0.529. The van der Waals surface area contributed by atoms with E-state index >= 15 is 0 Å².